The molecule has 1 unspecified atom stereocenters. The number of benzene rings is 1. The van der Waals surface area contributed by atoms with Crippen molar-refractivity contribution in [2.75, 3.05) is 20.4 Å². The second-order valence-electron chi connectivity index (χ2n) is 3.81. The van der Waals surface area contributed by atoms with Crippen LogP contribution in [0.4, 0.5) is 0 Å². The van der Waals surface area contributed by atoms with Gasteiger partial charge in [0, 0.05) is 0 Å². The second kappa shape index (κ2) is 3.72. The van der Waals surface area contributed by atoms with Gasteiger partial charge in [0.2, 0.25) is 6.79 Å². The number of fused-ring (bicyclic) bond motifs is 1. The Morgan fingerprint density at radius 3 is 2.80 bits per heavy atom. The van der Waals surface area contributed by atoms with E-state index in [0.717, 1.165) is 17.1 Å². The molecule has 0 amide bonds. The number of hydrogen-bond acceptors (Lipinski definition) is 4. The molecule has 0 spiro atoms. The zero-order chi connectivity index (χ0) is 10.9. The lowest BCUT2D eigenvalue weighted by atomic mass is 9.93. The number of likely N-dealkylation sites (N-methyl/N-ethyl adjacent to an activating group) is 1. The molecule has 82 valence electrons. The van der Waals surface area contributed by atoms with E-state index in [2.05, 4.69) is 5.32 Å². The fourth-order valence-corrected chi connectivity index (χ4v) is 1.55. The SMILES string of the molecule is CNC(C)(CO)c1ccc2c(c1)OCO2. The van der Waals surface area contributed by atoms with Crippen LogP contribution < -0.4 is 14.8 Å². The summed E-state index contributed by atoms with van der Waals surface area (Å²) in [5.41, 5.74) is 0.540. The number of rotatable bonds is 3. The fourth-order valence-electron chi connectivity index (χ4n) is 1.55. The third-order valence-corrected chi connectivity index (χ3v) is 2.88. The highest BCUT2D eigenvalue weighted by molar-refractivity contribution is 5.46. The van der Waals surface area contributed by atoms with E-state index in [4.69, 9.17) is 9.47 Å². The van der Waals surface area contributed by atoms with Crippen molar-refractivity contribution in [3.63, 3.8) is 0 Å². The van der Waals surface area contributed by atoms with Gasteiger partial charge in [0.15, 0.2) is 11.5 Å². The van der Waals surface area contributed by atoms with Gasteiger partial charge in [-0.3, -0.25) is 0 Å². The van der Waals surface area contributed by atoms with Crippen LogP contribution in [0.25, 0.3) is 0 Å². The van der Waals surface area contributed by atoms with E-state index in [-0.39, 0.29) is 13.4 Å². The first-order valence-corrected chi connectivity index (χ1v) is 4.89. The van der Waals surface area contributed by atoms with Crippen LogP contribution in [0.2, 0.25) is 0 Å². The third-order valence-electron chi connectivity index (χ3n) is 2.88. The van der Waals surface area contributed by atoms with E-state index in [0.29, 0.717) is 0 Å². The molecule has 0 bridgehead atoms. The molecule has 1 atom stereocenters. The van der Waals surface area contributed by atoms with E-state index in [1.165, 1.54) is 0 Å². The van der Waals surface area contributed by atoms with Gasteiger partial charge < -0.3 is 19.9 Å². The van der Waals surface area contributed by atoms with Gasteiger partial charge in [0.1, 0.15) is 0 Å². The van der Waals surface area contributed by atoms with E-state index in [9.17, 15) is 5.11 Å². The molecule has 1 heterocycles. The number of ether oxygens (including phenoxy) is 2. The zero-order valence-electron chi connectivity index (χ0n) is 8.91. The van der Waals surface area contributed by atoms with Crippen LogP contribution in [0.3, 0.4) is 0 Å². The summed E-state index contributed by atoms with van der Waals surface area (Å²) in [5.74, 6) is 1.50. The molecular weight excluding hydrogens is 194 g/mol. The monoisotopic (exact) mass is 209 g/mol. The summed E-state index contributed by atoms with van der Waals surface area (Å²) in [6.07, 6.45) is 0. The molecule has 0 aliphatic carbocycles. The van der Waals surface area contributed by atoms with Crippen LogP contribution in [0, 0.1) is 0 Å². The second-order valence-corrected chi connectivity index (χ2v) is 3.81. The molecule has 0 fully saturated rings. The summed E-state index contributed by atoms with van der Waals surface area (Å²) in [6.45, 7) is 2.24. The quantitative estimate of drug-likeness (QED) is 0.774. The lowest BCUT2D eigenvalue weighted by molar-refractivity contribution is 0.173. The highest BCUT2D eigenvalue weighted by Crippen LogP contribution is 2.35. The van der Waals surface area contributed by atoms with E-state index in [1.54, 1.807) is 0 Å². The molecule has 0 aromatic heterocycles. The first-order valence-electron chi connectivity index (χ1n) is 4.89. The van der Waals surface area contributed by atoms with Crippen molar-refractivity contribution in [2.45, 2.75) is 12.5 Å². The van der Waals surface area contributed by atoms with E-state index < -0.39 is 5.54 Å². The van der Waals surface area contributed by atoms with Crippen LogP contribution in [0.5, 0.6) is 11.5 Å². The van der Waals surface area contributed by atoms with Crippen molar-refractivity contribution in [3.8, 4) is 11.5 Å². The average Bonchev–Trinajstić information content (AvgIpc) is 2.74. The van der Waals surface area contributed by atoms with Crippen molar-refractivity contribution in [1.82, 2.24) is 5.32 Å². The Kier molecular flexibility index (Phi) is 2.54. The summed E-state index contributed by atoms with van der Waals surface area (Å²) in [5, 5.41) is 12.4. The standard InChI is InChI=1S/C11H15NO3/c1-11(6-13,12-2)8-3-4-9-10(5-8)15-7-14-9/h3-5,12-13H,6-7H2,1-2H3. The number of aliphatic hydroxyl groups is 1. The van der Waals surface area contributed by atoms with Crippen LogP contribution in [-0.4, -0.2) is 25.6 Å². The van der Waals surface area contributed by atoms with E-state index >= 15 is 0 Å². The van der Waals surface area contributed by atoms with Gasteiger partial charge in [-0.15, -0.1) is 0 Å². The predicted octanol–water partition coefficient (Wildman–Crippen LogP) is 0.842. The largest absolute Gasteiger partial charge is 0.454 e. The van der Waals surface area contributed by atoms with Crippen molar-refractivity contribution in [1.29, 1.82) is 0 Å². The molecule has 0 saturated carbocycles. The predicted molar refractivity (Wildman–Crippen MR) is 56.1 cm³/mol. The van der Waals surface area contributed by atoms with Gasteiger partial charge in [-0.25, -0.2) is 0 Å². The number of aliphatic hydroxyl groups excluding tert-OH is 1. The molecule has 1 aliphatic heterocycles. The van der Waals surface area contributed by atoms with Gasteiger partial charge in [0.05, 0.1) is 12.1 Å². The highest BCUT2D eigenvalue weighted by Gasteiger charge is 2.25. The Labute approximate surface area is 88.8 Å². The molecule has 15 heavy (non-hydrogen) atoms. The maximum absolute atomic E-state index is 9.35. The minimum Gasteiger partial charge on any atom is -0.454 e. The molecule has 0 saturated heterocycles. The number of hydrogen-bond donors (Lipinski definition) is 2. The van der Waals surface area contributed by atoms with Crippen molar-refractivity contribution in [3.05, 3.63) is 23.8 Å². The zero-order valence-corrected chi connectivity index (χ0v) is 8.91. The normalized spacial score (nSPS) is 17.5. The van der Waals surface area contributed by atoms with Gasteiger partial charge in [-0.1, -0.05) is 6.07 Å². The first kappa shape index (κ1) is 10.3. The van der Waals surface area contributed by atoms with Crippen LogP contribution in [0.15, 0.2) is 18.2 Å². The lowest BCUT2D eigenvalue weighted by Crippen LogP contribution is -2.40. The minimum atomic E-state index is -0.443. The summed E-state index contributed by atoms with van der Waals surface area (Å²) in [6, 6.07) is 5.69. The Bertz CT molecular complexity index is 361. The third kappa shape index (κ3) is 1.66. The molecule has 1 aromatic carbocycles. The minimum absolute atomic E-state index is 0.0309. The molecule has 4 nitrogen and oxygen atoms in total. The molecule has 2 rings (SSSR count). The Balaban J connectivity index is 2.37. The molecule has 1 aliphatic rings. The fraction of sp³-hybridized carbons (Fsp3) is 0.455. The van der Waals surface area contributed by atoms with Crippen LogP contribution in [0.1, 0.15) is 12.5 Å². The Hall–Kier alpha value is -1.26. The highest BCUT2D eigenvalue weighted by atomic mass is 16.7. The maximum Gasteiger partial charge on any atom is 0.231 e. The molecule has 2 N–H and O–H groups in total. The molecule has 0 radical (unpaired) electrons. The Morgan fingerprint density at radius 2 is 2.13 bits per heavy atom. The van der Waals surface area contributed by atoms with E-state index in [1.807, 2.05) is 32.2 Å². The first-order chi connectivity index (χ1) is 7.19. The van der Waals surface area contributed by atoms with Gasteiger partial charge in [-0.2, -0.15) is 0 Å². The lowest BCUT2D eigenvalue weighted by Gasteiger charge is -2.27. The van der Waals surface area contributed by atoms with Crippen molar-refractivity contribution in [2.24, 2.45) is 0 Å². The average molecular weight is 209 g/mol. The molecular formula is C11H15NO3. The smallest absolute Gasteiger partial charge is 0.231 e. The maximum atomic E-state index is 9.35. The summed E-state index contributed by atoms with van der Waals surface area (Å²) in [7, 11) is 1.82. The summed E-state index contributed by atoms with van der Waals surface area (Å²) < 4.78 is 10.5. The molecule has 1 aromatic rings. The summed E-state index contributed by atoms with van der Waals surface area (Å²) >= 11 is 0. The van der Waals surface area contributed by atoms with Crippen LogP contribution >= 0.6 is 0 Å². The Morgan fingerprint density at radius 1 is 1.40 bits per heavy atom. The number of nitrogens with one attached hydrogen (secondary N) is 1. The van der Waals surface area contributed by atoms with Crippen molar-refractivity contribution >= 4 is 0 Å². The van der Waals surface area contributed by atoms with Gasteiger partial charge >= 0.3 is 0 Å². The topological polar surface area (TPSA) is 50.7 Å². The van der Waals surface area contributed by atoms with Gasteiger partial charge in [0.25, 0.3) is 0 Å². The summed E-state index contributed by atoms with van der Waals surface area (Å²) in [4.78, 5) is 0. The van der Waals surface area contributed by atoms with Crippen molar-refractivity contribution < 1.29 is 14.6 Å². The molecule has 4 heteroatoms. The van der Waals surface area contributed by atoms with Gasteiger partial charge in [-0.05, 0) is 31.7 Å². The van der Waals surface area contributed by atoms with Crippen LogP contribution in [-0.2, 0) is 5.54 Å².